The predicted molar refractivity (Wildman–Crippen MR) is 92.7 cm³/mol. The van der Waals surface area contributed by atoms with Crippen LogP contribution in [0.4, 0.5) is 0 Å². The zero-order valence-electron chi connectivity index (χ0n) is 12.9. The number of benzene rings is 2. The molecule has 1 fully saturated rings. The number of carbonyl (C=O) groups excluding carboxylic acids is 1. The summed E-state index contributed by atoms with van der Waals surface area (Å²) in [6.45, 7) is 0.761. The van der Waals surface area contributed by atoms with Gasteiger partial charge in [0.25, 0.3) is 0 Å². The molecule has 2 aliphatic rings. The van der Waals surface area contributed by atoms with Gasteiger partial charge >= 0.3 is 0 Å². The van der Waals surface area contributed by atoms with Gasteiger partial charge in [0.15, 0.2) is 0 Å². The molecule has 0 saturated carbocycles. The first-order chi connectivity index (χ1) is 11.1. The Morgan fingerprint density at radius 1 is 1.22 bits per heavy atom. The normalized spacial score (nSPS) is 25.5. The van der Waals surface area contributed by atoms with Crippen LogP contribution in [-0.2, 0) is 11.2 Å². The van der Waals surface area contributed by atoms with Gasteiger partial charge in [-0.15, -0.1) is 0 Å². The highest BCUT2D eigenvalue weighted by Crippen LogP contribution is 2.55. The van der Waals surface area contributed by atoms with Crippen LogP contribution in [-0.4, -0.2) is 19.6 Å². The molecule has 0 radical (unpaired) electrons. The van der Waals surface area contributed by atoms with E-state index in [9.17, 15) is 4.79 Å². The van der Waals surface area contributed by atoms with Crippen molar-refractivity contribution in [3.63, 3.8) is 0 Å². The van der Waals surface area contributed by atoms with Crippen molar-refractivity contribution in [2.24, 2.45) is 5.41 Å². The van der Waals surface area contributed by atoms with E-state index in [1.165, 1.54) is 16.7 Å². The first kappa shape index (κ1) is 14.8. The van der Waals surface area contributed by atoms with Crippen LogP contribution < -0.4 is 10.1 Å². The van der Waals surface area contributed by atoms with Crippen molar-refractivity contribution in [3.05, 3.63) is 63.6 Å². The van der Waals surface area contributed by atoms with E-state index >= 15 is 0 Å². The molecule has 1 N–H and O–H groups in total. The molecule has 3 nitrogen and oxygen atoms in total. The Labute approximate surface area is 144 Å². The molecule has 1 heterocycles. The van der Waals surface area contributed by atoms with E-state index in [1.54, 1.807) is 7.11 Å². The molecule has 23 heavy (non-hydrogen) atoms. The second kappa shape index (κ2) is 5.38. The van der Waals surface area contributed by atoms with Crippen molar-refractivity contribution >= 4 is 21.8 Å². The topological polar surface area (TPSA) is 38.3 Å². The van der Waals surface area contributed by atoms with E-state index in [2.05, 4.69) is 57.6 Å². The van der Waals surface area contributed by atoms with Gasteiger partial charge < -0.3 is 10.1 Å². The van der Waals surface area contributed by atoms with Gasteiger partial charge in [-0.05, 0) is 53.8 Å². The molecular formula is C19H18BrNO2. The lowest BCUT2D eigenvalue weighted by Gasteiger charge is -2.29. The van der Waals surface area contributed by atoms with Gasteiger partial charge in [0, 0.05) is 16.9 Å². The molecule has 1 saturated heterocycles. The smallest absolute Gasteiger partial charge is 0.227 e. The second-order valence-electron chi connectivity index (χ2n) is 6.39. The monoisotopic (exact) mass is 371 g/mol. The van der Waals surface area contributed by atoms with E-state index < -0.39 is 0 Å². The Kier molecular flexibility index (Phi) is 3.45. The van der Waals surface area contributed by atoms with Gasteiger partial charge in [0.2, 0.25) is 5.91 Å². The number of rotatable bonds is 2. The maximum absolute atomic E-state index is 12.7. The minimum Gasteiger partial charge on any atom is -0.497 e. The summed E-state index contributed by atoms with van der Waals surface area (Å²) in [5.74, 6) is 1.15. The first-order valence-electron chi connectivity index (χ1n) is 7.85. The van der Waals surface area contributed by atoms with E-state index in [0.29, 0.717) is 0 Å². The summed E-state index contributed by atoms with van der Waals surface area (Å²) >= 11 is 3.50. The summed E-state index contributed by atoms with van der Waals surface area (Å²) in [5.41, 5.74) is 3.33. The summed E-state index contributed by atoms with van der Waals surface area (Å²) in [4.78, 5) is 12.7. The summed E-state index contributed by atoms with van der Waals surface area (Å²) in [5, 5.41) is 3.05. The van der Waals surface area contributed by atoms with Crippen LogP contribution in [0, 0.1) is 5.41 Å². The molecular weight excluding hydrogens is 354 g/mol. The SMILES string of the molecule is COc1ccc2c(c1)CC1(CCNC1=O)C2c1ccc(Br)cc1. The van der Waals surface area contributed by atoms with Gasteiger partial charge in [-0.1, -0.05) is 34.1 Å². The van der Waals surface area contributed by atoms with Crippen molar-refractivity contribution in [3.8, 4) is 5.75 Å². The van der Waals surface area contributed by atoms with E-state index in [1.807, 2.05) is 6.07 Å². The summed E-state index contributed by atoms with van der Waals surface area (Å²) in [7, 11) is 1.68. The fourth-order valence-corrected chi connectivity index (χ4v) is 4.43. The average molecular weight is 372 g/mol. The lowest BCUT2D eigenvalue weighted by molar-refractivity contribution is -0.127. The maximum Gasteiger partial charge on any atom is 0.227 e. The lowest BCUT2D eigenvalue weighted by atomic mass is 9.71. The first-order valence-corrected chi connectivity index (χ1v) is 8.64. The van der Waals surface area contributed by atoms with Crippen LogP contribution in [0.5, 0.6) is 5.75 Å². The minimum absolute atomic E-state index is 0.110. The van der Waals surface area contributed by atoms with Crippen molar-refractivity contribution < 1.29 is 9.53 Å². The summed E-state index contributed by atoms with van der Waals surface area (Å²) < 4.78 is 6.42. The third kappa shape index (κ3) is 2.19. The molecule has 2 unspecified atom stereocenters. The van der Waals surface area contributed by atoms with Gasteiger partial charge in [-0.2, -0.15) is 0 Å². The molecule has 1 aliphatic heterocycles. The number of nitrogens with one attached hydrogen (secondary N) is 1. The Hall–Kier alpha value is -1.81. The number of fused-ring (bicyclic) bond motifs is 1. The number of hydrogen-bond donors (Lipinski definition) is 1. The molecule has 4 rings (SSSR count). The Bertz CT molecular complexity index is 771. The summed E-state index contributed by atoms with van der Waals surface area (Å²) in [6, 6.07) is 14.6. The Morgan fingerprint density at radius 2 is 2.00 bits per heavy atom. The lowest BCUT2D eigenvalue weighted by Crippen LogP contribution is -2.35. The van der Waals surface area contributed by atoms with E-state index in [-0.39, 0.29) is 17.2 Å². The number of halogens is 1. The minimum atomic E-state index is -0.359. The average Bonchev–Trinajstić information content (AvgIpc) is 3.08. The summed E-state index contributed by atoms with van der Waals surface area (Å²) in [6.07, 6.45) is 1.66. The van der Waals surface area contributed by atoms with E-state index in [4.69, 9.17) is 4.74 Å². The fourth-order valence-electron chi connectivity index (χ4n) is 4.17. The zero-order chi connectivity index (χ0) is 16.0. The van der Waals surface area contributed by atoms with Gasteiger partial charge in [-0.25, -0.2) is 0 Å². The van der Waals surface area contributed by atoms with Crippen LogP contribution in [0.25, 0.3) is 0 Å². The fraction of sp³-hybridized carbons (Fsp3) is 0.316. The zero-order valence-corrected chi connectivity index (χ0v) is 14.5. The third-order valence-corrected chi connectivity index (χ3v) is 5.76. The van der Waals surface area contributed by atoms with Crippen molar-refractivity contribution in [2.45, 2.75) is 18.8 Å². The number of ether oxygens (including phenoxy) is 1. The van der Waals surface area contributed by atoms with Crippen LogP contribution in [0.2, 0.25) is 0 Å². The highest BCUT2D eigenvalue weighted by atomic mass is 79.9. The molecule has 1 amide bonds. The third-order valence-electron chi connectivity index (χ3n) is 5.23. The molecule has 2 atom stereocenters. The van der Waals surface area contributed by atoms with Crippen molar-refractivity contribution in [2.75, 3.05) is 13.7 Å². The molecule has 2 aromatic carbocycles. The highest BCUT2D eigenvalue weighted by molar-refractivity contribution is 9.10. The standard InChI is InChI=1S/C19H18BrNO2/c1-23-15-6-7-16-13(10-15)11-19(8-9-21-18(19)22)17(16)12-2-4-14(20)5-3-12/h2-7,10,17H,8-9,11H2,1H3,(H,21,22). The molecule has 118 valence electrons. The molecule has 1 aliphatic carbocycles. The molecule has 4 heteroatoms. The predicted octanol–water partition coefficient (Wildman–Crippen LogP) is 3.65. The number of carbonyl (C=O) groups is 1. The van der Waals surface area contributed by atoms with E-state index in [0.717, 1.165) is 29.6 Å². The number of methoxy groups -OCH3 is 1. The Morgan fingerprint density at radius 3 is 2.65 bits per heavy atom. The largest absolute Gasteiger partial charge is 0.497 e. The highest BCUT2D eigenvalue weighted by Gasteiger charge is 2.54. The molecule has 2 aromatic rings. The molecule has 0 aromatic heterocycles. The van der Waals surface area contributed by atoms with Crippen LogP contribution in [0.1, 0.15) is 29.0 Å². The van der Waals surface area contributed by atoms with Gasteiger partial charge in [0.1, 0.15) is 5.75 Å². The molecule has 0 bridgehead atoms. The second-order valence-corrected chi connectivity index (χ2v) is 7.30. The van der Waals surface area contributed by atoms with Gasteiger partial charge in [-0.3, -0.25) is 4.79 Å². The van der Waals surface area contributed by atoms with Gasteiger partial charge in [0.05, 0.1) is 12.5 Å². The van der Waals surface area contributed by atoms with Crippen LogP contribution in [0.15, 0.2) is 46.9 Å². The van der Waals surface area contributed by atoms with Crippen LogP contribution in [0.3, 0.4) is 0 Å². The maximum atomic E-state index is 12.7. The van der Waals surface area contributed by atoms with Crippen LogP contribution >= 0.6 is 15.9 Å². The quantitative estimate of drug-likeness (QED) is 0.874. The number of amides is 1. The number of hydrogen-bond acceptors (Lipinski definition) is 2. The molecule has 1 spiro atoms. The Balaban J connectivity index is 1.88. The van der Waals surface area contributed by atoms with Crippen molar-refractivity contribution in [1.82, 2.24) is 5.32 Å². The van der Waals surface area contributed by atoms with Crippen molar-refractivity contribution in [1.29, 1.82) is 0 Å².